The number of hydrogen-bond donors (Lipinski definition) is 2. The van der Waals surface area contributed by atoms with Crippen molar-refractivity contribution < 1.29 is 14.4 Å². The largest absolute Gasteiger partial charge is 0.340 e. The van der Waals surface area contributed by atoms with Crippen molar-refractivity contribution in [1.82, 2.24) is 15.2 Å². The molecule has 33 heavy (non-hydrogen) atoms. The minimum Gasteiger partial charge on any atom is -0.340 e. The lowest BCUT2D eigenvalue weighted by Gasteiger charge is -2.35. The Labute approximate surface area is 199 Å². The maximum absolute atomic E-state index is 13.4. The summed E-state index contributed by atoms with van der Waals surface area (Å²) < 4.78 is 0. The molecule has 1 aromatic carbocycles. The predicted molar refractivity (Wildman–Crippen MR) is 129 cm³/mol. The second kappa shape index (κ2) is 11.3. The molecule has 2 aromatic rings. The van der Waals surface area contributed by atoms with Crippen molar-refractivity contribution in [3.8, 4) is 0 Å². The number of carbonyl (C=O) groups excluding carboxylic acids is 3. The van der Waals surface area contributed by atoms with Gasteiger partial charge in [-0.1, -0.05) is 31.5 Å². The van der Waals surface area contributed by atoms with E-state index in [1.54, 1.807) is 41.4 Å². The quantitative estimate of drug-likeness (QED) is 0.638. The van der Waals surface area contributed by atoms with Gasteiger partial charge in [-0.15, -0.1) is 0 Å². The lowest BCUT2D eigenvalue weighted by molar-refractivity contribution is -0.136. The van der Waals surface area contributed by atoms with E-state index in [0.717, 1.165) is 12.0 Å². The van der Waals surface area contributed by atoms with Crippen LogP contribution in [0.25, 0.3) is 0 Å². The van der Waals surface area contributed by atoms with Gasteiger partial charge in [-0.25, -0.2) is 4.98 Å². The zero-order valence-corrected chi connectivity index (χ0v) is 20.1. The maximum Gasteiger partial charge on any atom is 0.251 e. The van der Waals surface area contributed by atoms with Crippen LogP contribution in [-0.4, -0.2) is 46.7 Å². The zero-order chi connectivity index (χ0) is 24.0. The Bertz CT molecular complexity index is 976. The number of hydrogen-bond acceptors (Lipinski definition) is 4. The van der Waals surface area contributed by atoms with E-state index in [9.17, 15) is 14.4 Å². The number of nitrogens with zero attached hydrogens (tertiary/aromatic N) is 2. The molecule has 1 aromatic heterocycles. The molecular formula is C25H31ClN4O3. The molecule has 8 heteroatoms. The van der Waals surface area contributed by atoms with Gasteiger partial charge in [0.25, 0.3) is 5.91 Å². The lowest BCUT2D eigenvalue weighted by Crippen LogP contribution is -2.52. The molecule has 1 aliphatic heterocycles. The summed E-state index contributed by atoms with van der Waals surface area (Å²) in [4.78, 5) is 44.8. The minimum atomic E-state index is -0.659. The van der Waals surface area contributed by atoms with Crippen LogP contribution in [0, 0.1) is 18.8 Å². The maximum atomic E-state index is 13.4. The van der Waals surface area contributed by atoms with Crippen LogP contribution in [-0.2, 0) is 9.59 Å². The monoisotopic (exact) mass is 470 g/mol. The van der Waals surface area contributed by atoms with Crippen LogP contribution in [0.2, 0.25) is 5.02 Å². The smallest absolute Gasteiger partial charge is 0.251 e. The predicted octanol–water partition coefficient (Wildman–Crippen LogP) is 4.07. The van der Waals surface area contributed by atoms with Crippen LogP contribution in [0.15, 0.2) is 42.6 Å². The molecule has 0 spiro atoms. The number of aromatic nitrogens is 1. The van der Waals surface area contributed by atoms with Gasteiger partial charge in [-0.2, -0.15) is 0 Å². The molecule has 2 heterocycles. The topological polar surface area (TPSA) is 91.4 Å². The molecule has 7 nitrogen and oxygen atoms in total. The normalized spacial score (nSPS) is 16.9. The van der Waals surface area contributed by atoms with Crippen molar-refractivity contribution in [3.05, 3.63) is 58.7 Å². The molecule has 0 bridgehead atoms. The second-order valence-corrected chi connectivity index (χ2v) is 9.43. The highest BCUT2D eigenvalue weighted by Gasteiger charge is 2.33. The molecule has 1 fully saturated rings. The summed E-state index contributed by atoms with van der Waals surface area (Å²) in [5, 5.41) is 6.28. The molecule has 0 aliphatic carbocycles. The summed E-state index contributed by atoms with van der Waals surface area (Å²) in [5.74, 6) is -0.228. The molecular weight excluding hydrogens is 440 g/mol. The summed E-state index contributed by atoms with van der Waals surface area (Å²) >= 11 is 5.91. The second-order valence-electron chi connectivity index (χ2n) is 9.00. The van der Waals surface area contributed by atoms with Gasteiger partial charge in [0.15, 0.2) is 0 Å². The summed E-state index contributed by atoms with van der Waals surface area (Å²) in [6.45, 7) is 6.84. The van der Waals surface area contributed by atoms with E-state index in [4.69, 9.17) is 11.6 Å². The van der Waals surface area contributed by atoms with Gasteiger partial charge in [0.2, 0.25) is 11.8 Å². The number of carbonyl (C=O) groups is 3. The van der Waals surface area contributed by atoms with Crippen LogP contribution in [0.1, 0.15) is 49.0 Å². The third-order valence-electron chi connectivity index (χ3n) is 5.68. The van der Waals surface area contributed by atoms with E-state index < -0.39 is 6.04 Å². The van der Waals surface area contributed by atoms with Gasteiger partial charge in [0.1, 0.15) is 11.9 Å². The van der Waals surface area contributed by atoms with Crippen LogP contribution < -0.4 is 10.6 Å². The van der Waals surface area contributed by atoms with Crippen LogP contribution >= 0.6 is 11.6 Å². The fourth-order valence-corrected chi connectivity index (χ4v) is 4.04. The molecule has 176 valence electrons. The number of likely N-dealkylation sites (tertiary alicyclic amines) is 1. The first-order valence-corrected chi connectivity index (χ1v) is 11.7. The first-order chi connectivity index (χ1) is 15.7. The first kappa shape index (κ1) is 24.7. The average Bonchev–Trinajstić information content (AvgIpc) is 2.79. The molecule has 3 rings (SSSR count). The fourth-order valence-electron chi connectivity index (χ4n) is 3.92. The Balaban J connectivity index is 1.65. The third-order valence-corrected chi connectivity index (χ3v) is 5.94. The summed E-state index contributed by atoms with van der Waals surface area (Å²) in [7, 11) is 0. The van der Waals surface area contributed by atoms with Gasteiger partial charge in [0, 0.05) is 29.9 Å². The van der Waals surface area contributed by atoms with Crippen molar-refractivity contribution in [3.63, 3.8) is 0 Å². The van der Waals surface area contributed by atoms with E-state index >= 15 is 0 Å². The zero-order valence-electron chi connectivity index (χ0n) is 19.3. The Morgan fingerprint density at radius 2 is 1.88 bits per heavy atom. The molecule has 2 N–H and O–H groups in total. The minimum absolute atomic E-state index is 0.144. The summed E-state index contributed by atoms with van der Waals surface area (Å²) in [5.41, 5.74) is 1.46. The van der Waals surface area contributed by atoms with Crippen molar-refractivity contribution >= 4 is 35.1 Å². The number of piperidine rings is 1. The highest BCUT2D eigenvalue weighted by molar-refractivity contribution is 6.30. The third kappa shape index (κ3) is 7.02. The number of nitrogens with one attached hydrogen (secondary N) is 2. The number of anilines is 1. The summed E-state index contributed by atoms with van der Waals surface area (Å²) in [6.07, 6.45) is 3.64. The molecule has 0 saturated carbocycles. The number of halogens is 1. The van der Waals surface area contributed by atoms with Crippen molar-refractivity contribution in [1.29, 1.82) is 0 Å². The standard InChI is InChI=1S/C25H31ClN4O3/c1-16(2)13-21(28-23(31)18-7-9-20(26)10-8-18)25(33)30-12-4-5-19(15-30)24(32)29-22-11-6-17(3)14-27-22/h6-11,14,16,19,21H,4-5,12-13,15H2,1-3H3,(H,28,31)(H,27,29,32). The SMILES string of the molecule is Cc1ccc(NC(=O)C2CCCN(C(=O)C(CC(C)C)NC(=O)c3ccc(Cl)cc3)C2)nc1. The molecule has 0 radical (unpaired) electrons. The van der Waals surface area contributed by atoms with Crippen LogP contribution in [0.5, 0.6) is 0 Å². The van der Waals surface area contributed by atoms with Crippen LogP contribution in [0.4, 0.5) is 5.82 Å². The first-order valence-electron chi connectivity index (χ1n) is 11.3. The Morgan fingerprint density at radius 1 is 1.15 bits per heavy atom. The molecule has 1 aliphatic rings. The van der Waals surface area contributed by atoms with Crippen LogP contribution in [0.3, 0.4) is 0 Å². The Hall–Kier alpha value is -2.93. The number of amides is 3. The molecule has 1 saturated heterocycles. The molecule has 3 amide bonds. The van der Waals surface area contributed by atoms with Gasteiger partial charge >= 0.3 is 0 Å². The lowest BCUT2D eigenvalue weighted by atomic mass is 9.95. The average molecular weight is 471 g/mol. The number of pyridine rings is 1. The molecule has 2 atom stereocenters. The van der Waals surface area contributed by atoms with Gasteiger partial charge in [-0.3, -0.25) is 14.4 Å². The Kier molecular flexibility index (Phi) is 8.44. The number of benzene rings is 1. The van der Waals surface area contributed by atoms with E-state index in [2.05, 4.69) is 15.6 Å². The Morgan fingerprint density at radius 3 is 2.52 bits per heavy atom. The fraction of sp³-hybridized carbons (Fsp3) is 0.440. The van der Waals surface area contributed by atoms with Gasteiger partial charge in [0.05, 0.1) is 5.92 Å². The van der Waals surface area contributed by atoms with Gasteiger partial charge < -0.3 is 15.5 Å². The van der Waals surface area contributed by atoms with E-state index in [-0.39, 0.29) is 29.6 Å². The van der Waals surface area contributed by atoms with Crippen molar-refractivity contribution in [2.75, 3.05) is 18.4 Å². The number of rotatable bonds is 7. The van der Waals surface area contributed by atoms with E-state index in [0.29, 0.717) is 42.3 Å². The molecule has 2 unspecified atom stereocenters. The number of aryl methyl sites for hydroxylation is 1. The van der Waals surface area contributed by atoms with Gasteiger partial charge in [-0.05, 0) is 68.0 Å². The highest BCUT2D eigenvalue weighted by atomic mass is 35.5. The van der Waals surface area contributed by atoms with E-state index in [1.807, 2.05) is 26.8 Å². The van der Waals surface area contributed by atoms with Crippen molar-refractivity contribution in [2.45, 2.75) is 46.1 Å². The highest BCUT2D eigenvalue weighted by Crippen LogP contribution is 2.21. The van der Waals surface area contributed by atoms with Crippen molar-refractivity contribution in [2.24, 2.45) is 11.8 Å². The summed E-state index contributed by atoms with van der Waals surface area (Å²) in [6, 6.07) is 9.56. The van der Waals surface area contributed by atoms with E-state index in [1.165, 1.54) is 0 Å².